The molecule has 0 aliphatic carbocycles. The first kappa shape index (κ1) is 11.4. The first-order valence-electron chi connectivity index (χ1n) is 5.20. The van der Waals surface area contributed by atoms with Crippen LogP contribution in [0.4, 0.5) is 0 Å². The van der Waals surface area contributed by atoms with Gasteiger partial charge >= 0.3 is 0 Å². The van der Waals surface area contributed by atoms with E-state index < -0.39 is 6.10 Å². The molecule has 0 aliphatic heterocycles. The van der Waals surface area contributed by atoms with Gasteiger partial charge in [-0.1, -0.05) is 18.2 Å². The summed E-state index contributed by atoms with van der Waals surface area (Å²) in [6.07, 6.45) is -0.258. The Labute approximate surface area is 98.4 Å². The smallest absolute Gasteiger partial charge is 0.185 e. The lowest BCUT2D eigenvalue weighted by molar-refractivity contribution is 0.108. The summed E-state index contributed by atoms with van der Waals surface area (Å²) in [7, 11) is 0. The van der Waals surface area contributed by atoms with Crippen LogP contribution in [-0.2, 0) is 0 Å². The molecule has 0 saturated carbocycles. The molecule has 88 valence electrons. The average molecular weight is 232 g/mol. The maximum atomic E-state index is 10.6. The Kier molecular flexibility index (Phi) is 3.25. The van der Waals surface area contributed by atoms with E-state index in [0.717, 1.165) is 0 Å². The van der Waals surface area contributed by atoms with E-state index in [9.17, 15) is 9.90 Å². The highest BCUT2D eigenvalue weighted by Gasteiger charge is 2.17. The van der Waals surface area contributed by atoms with Gasteiger partial charge in [-0.15, -0.1) is 0 Å². The molecule has 0 radical (unpaired) electrons. The molecule has 4 heteroatoms. The Morgan fingerprint density at radius 1 is 1.35 bits per heavy atom. The van der Waals surface area contributed by atoms with E-state index >= 15 is 0 Å². The highest BCUT2D eigenvalue weighted by molar-refractivity contribution is 5.72. The van der Waals surface area contributed by atoms with Gasteiger partial charge in [0.15, 0.2) is 23.6 Å². The maximum Gasteiger partial charge on any atom is 0.185 e. The number of para-hydroxylation sites is 1. The van der Waals surface area contributed by atoms with Gasteiger partial charge in [0.05, 0.1) is 0 Å². The second kappa shape index (κ2) is 4.84. The zero-order chi connectivity index (χ0) is 12.3. The molecule has 2 rings (SSSR count). The lowest BCUT2D eigenvalue weighted by Crippen LogP contribution is -1.92. The molecule has 1 heterocycles. The normalized spacial score (nSPS) is 12.1. The van der Waals surface area contributed by atoms with Crippen LogP contribution in [0.3, 0.4) is 0 Å². The molecule has 0 bridgehead atoms. The molecule has 17 heavy (non-hydrogen) atoms. The van der Waals surface area contributed by atoms with E-state index in [0.29, 0.717) is 17.8 Å². The van der Waals surface area contributed by atoms with Crippen LogP contribution in [0.25, 0.3) is 0 Å². The zero-order valence-corrected chi connectivity index (χ0v) is 9.29. The number of aldehydes is 1. The Hall–Kier alpha value is -2.07. The van der Waals surface area contributed by atoms with E-state index in [1.165, 1.54) is 6.07 Å². The Bertz CT molecular complexity index is 499. The molecular formula is C13H12O4. The molecular weight excluding hydrogens is 220 g/mol. The molecule has 1 unspecified atom stereocenters. The van der Waals surface area contributed by atoms with Crippen LogP contribution in [0.1, 0.15) is 29.3 Å². The topological polar surface area (TPSA) is 59.7 Å². The standard InChI is InChI=1S/C13H12O4/c1-9(15)13-12(7-11(8-14)17-13)16-10-5-3-2-4-6-10/h2-9,15H,1H3. The number of aliphatic hydroxyl groups is 1. The Morgan fingerprint density at radius 3 is 2.65 bits per heavy atom. The van der Waals surface area contributed by atoms with Gasteiger partial charge < -0.3 is 14.3 Å². The fraction of sp³-hybridized carbons (Fsp3) is 0.154. The molecule has 0 amide bonds. The number of benzene rings is 1. The van der Waals surface area contributed by atoms with Gasteiger partial charge in [0.1, 0.15) is 11.9 Å². The van der Waals surface area contributed by atoms with Crippen LogP contribution in [0.15, 0.2) is 40.8 Å². The van der Waals surface area contributed by atoms with Gasteiger partial charge in [-0.3, -0.25) is 4.79 Å². The zero-order valence-electron chi connectivity index (χ0n) is 9.29. The van der Waals surface area contributed by atoms with Crippen LogP contribution in [0.2, 0.25) is 0 Å². The molecule has 1 atom stereocenters. The second-order valence-corrected chi connectivity index (χ2v) is 3.59. The second-order valence-electron chi connectivity index (χ2n) is 3.59. The fourth-order valence-electron chi connectivity index (χ4n) is 1.45. The first-order chi connectivity index (χ1) is 8.20. The number of hydrogen-bond acceptors (Lipinski definition) is 4. The van der Waals surface area contributed by atoms with E-state index in [1.807, 2.05) is 18.2 Å². The van der Waals surface area contributed by atoms with E-state index in [1.54, 1.807) is 19.1 Å². The van der Waals surface area contributed by atoms with Gasteiger partial charge in [-0.25, -0.2) is 0 Å². The van der Waals surface area contributed by atoms with Crippen molar-refractivity contribution in [3.05, 3.63) is 47.9 Å². The SMILES string of the molecule is CC(O)c1oc(C=O)cc1Oc1ccccc1. The minimum Gasteiger partial charge on any atom is -0.454 e. The number of hydrogen-bond donors (Lipinski definition) is 1. The van der Waals surface area contributed by atoms with Crippen LogP contribution < -0.4 is 4.74 Å². The summed E-state index contributed by atoms with van der Waals surface area (Å²) in [4.78, 5) is 10.6. The molecule has 2 aromatic rings. The largest absolute Gasteiger partial charge is 0.454 e. The monoisotopic (exact) mass is 232 g/mol. The van der Waals surface area contributed by atoms with Crippen molar-refractivity contribution in [2.75, 3.05) is 0 Å². The summed E-state index contributed by atoms with van der Waals surface area (Å²) in [6.45, 7) is 1.55. The average Bonchev–Trinajstić information content (AvgIpc) is 2.74. The highest BCUT2D eigenvalue weighted by atomic mass is 16.5. The lowest BCUT2D eigenvalue weighted by atomic mass is 10.3. The molecule has 1 aromatic carbocycles. The van der Waals surface area contributed by atoms with Gasteiger partial charge in [0.2, 0.25) is 0 Å². The molecule has 0 spiro atoms. The number of aliphatic hydroxyl groups excluding tert-OH is 1. The summed E-state index contributed by atoms with van der Waals surface area (Å²) in [5.41, 5.74) is 0. The maximum absolute atomic E-state index is 10.6. The molecule has 0 saturated heterocycles. The van der Waals surface area contributed by atoms with Crippen molar-refractivity contribution >= 4 is 6.29 Å². The molecule has 1 N–H and O–H groups in total. The van der Waals surface area contributed by atoms with E-state index in [2.05, 4.69) is 0 Å². The predicted octanol–water partition coefficient (Wildman–Crippen LogP) is 2.94. The van der Waals surface area contributed by atoms with Crippen molar-refractivity contribution in [1.82, 2.24) is 0 Å². The molecule has 0 fully saturated rings. The highest BCUT2D eigenvalue weighted by Crippen LogP contribution is 2.32. The third-order valence-electron chi connectivity index (χ3n) is 2.21. The summed E-state index contributed by atoms with van der Waals surface area (Å²) in [6, 6.07) is 10.5. The fourth-order valence-corrected chi connectivity index (χ4v) is 1.45. The Morgan fingerprint density at radius 2 is 2.06 bits per heavy atom. The van der Waals surface area contributed by atoms with Crippen molar-refractivity contribution in [3.8, 4) is 11.5 Å². The quantitative estimate of drug-likeness (QED) is 0.823. The van der Waals surface area contributed by atoms with Crippen molar-refractivity contribution in [2.24, 2.45) is 0 Å². The first-order valence-corrected chi connectivity index (χ1v) is 5.20. The van der Waals surface area contributed by atoms with Crippen molar-refractivity contribution in [2.45, 2.75) is 13.0 Å². The van der Waals surface area contributed by atoms with Crippen LogP contribution in [0, 0.1) is 0 Å². The number of furan rings is 1. The van der Waals surface area contributed by atoms with E-state index in [4.69, 9.17) is 9.15 Å². The minimum absolute atomic E-state index is 0.131. The van der Waals surface area contributed by atoms with Crippen molar-refractivity contribution in [3.63, 3.8) is 0 Å². The van der Waals surface area contributed by atoms with Gasteiger partial charge in [0, 0.05) is 6.07 Å². The number of carbonyl (C=O) groups excluding carboxylic acids is 1. The summed E-state index contributed by atoms with van der Waals surface area (Å²) in [5, 5.41) is 9.50. The summed E-state index contributed by atoms with van der Waals surface area (Å²) >= 11 is 0. The lowest BCUT2D eigenvalue weighted by Gasteiger charge is -2.06. The van der Waals surface area contributed by atoms with Crippen LogP contribution in [0.5, 0.6) is 11.5 Å². The number of carbonyl (C=O) groups is 1. The summed E-state index contributed by atoms with van der Waals surface area (Å²) in [5.74, 6) is 1.35. The molecule has 0 aliphatic rings. The molecule has 4 nitrogen and oxygen atoms in total. The van der Waals surface area contributed by atoms with Gasteiger partial charge in [0.25, 0.3) is 0 Å². The Balaban J connectivity index is 2.31. The third-order valence-corrected chi connectivity index (χ3v) is 2.21. The van der Waals surface area contributed by atoms with Crippen molar-refractivity contribution in [1.29, 1.82) is 0 Å². The number of ether oxygens (including phenoxy) is 1. The van der Waals surface area contributed by atoms with E-state index in [-0.39, 0.29) is 11.5 Å². The van der Waals surface area contributed by atoms with Crippen molar-refractivity contribution < 1.29 is 19.1 Å². The van der Waals surface area contributed by atoms with Gasteiger partial charge in [-0.2, -0.15) is 0 Å². The van der Waals surface area contributed by atoms with Gasteiger partial charge in [-0.05, 0) is 19.1 Å². The molecule has 1 aromatic heterocycles. The number of rotatable bonds is 4. The predicted molar refractivity (Wildman–Crippen MR) is 61.2 cm³/mol. The summed E-state index contributed by atoms with van der Waals surface area (Å²) < 4.78 is 10.7. The minimum atomic E-state index is -0.831. The van der Waals surface area contributed by atoms with Crippen LogP contribution in [-0.4, -0.2) is 11.4 Å². The van der Waals surface area contributed by atoms with Crippen LogP contribution >= 0.6 is 0 Å². The third kappa shape index (κ3) is 2.54.